The average molecular weight is 332 g/mol. The molecule has 2 aromatic rings. The fourth-order valence-corrected chi connectivity index (χ4v) is 4.05. The van der Waals surface area contributed by atoms with Crippen LogP contribution in [0.1, 0.15) is 23.4 Å². The highest BCUT2D eigenvalue weighted by atomic mass is 32.2. The van der Waals surface area contributed by atoms with Gasteiger partial charge in [0.15, 0.2) is 0 Å². The Hall–Kier alpha value is -2.02. The van der Waals surface area contributed by atoms with Gasteiger partial charge in [-0.25, -0.2) is 4.21 Å². The van der Waals surface area contributed by atoms with Crippen LogP contribution in [0.3, 0.4) is 0 Å². The third-order valence-corrected chi connectivity index (χ3v) is 5.94. The van der Waals surface area contributed by atoms with Crippen molar-refractivity contribution in [3.8, 4) is 0 Å². The van der Waals surface area contributed by atoms with Crippen LogP contribution in [0.4, 0.5) is 0 Å². The van der Waals surface area contributed by atoms with Gasteiger partial charge in [0.1, 0.15) is 0 Å². The number of rotatable bonds is 2. The minimum atomic E-state index is -2.71. The molecule has 1 aromatic heterocycles. The van der Waals surface area contributed by atoms with E-state index in [0.717, 1.165) is 17.0 Å². The number of hydrogen-bond acceptors (Lipinski definition) is 4. The van der Waals surface area contributed by atoms with Crippen molar-refractivity contribution in [1.82, 2.24) is 15.0 Å². The molecule has 0 saturated carbocycles. The molecule has 2 atom stereocenters. The predicted molar refractivity (Wildman–Crippen MR) is 87.5 cm³/mol. The van der Waals surface area contributed by atoms with Crippen molar-refractivity contribution in [1.29, 1.82) is 0 Å². The minimum Gasteiger partial charge on any atom is -0.272 e. The van der Waals surface area contributed by atoms with Crippen molar-refractivity contribution < 1.29 is 9.00 Å². The molecule has 1 aromatic carbocycles. The molecule has 0 bridgehead atoms. The summed E-state index contributed by atoms with van der Waals surface area (Å²) in [6.07, 6.45) is 3.47. The summed E-state index contributed by atoms with van der Waals surface area (Å²) in [4.78, 5) is 13.1. The van der Waals surface area contributed by atoms with Crippen LogP contribution in [0.2, 0.25) is 0 Å². The van der Waals surface area contributed by atoms with Crippen molar-refractivity contribution in [2.24, 2.45) is 17.3 Å². The van der Waals surface area contributed by atoms with Gasteiger partial charge >= 0.3 is 0 Å². The first kappa shape index (κ1) is 15.9. The van der Waals surface area contributed by atoms with Crippen molar-refractivity contribution in [3.63, 3.8) is 0 Å². The normalized spacial score (nSPS) is 19.7. The molecule has 122 valence electrons. The summed E-state index contributed by atoms with van der Waals surface area (Å²) in [6, 6.07) is 7.32. The number of aromatic nitrogens is 3. The molecule has 0 aliphatic heterocycles. The predicted octanol–water partition coefficient (Wildman–Crippen LogP) is 1.91. The van der Waals surface area contributed by atoms with E-state index in [1.165, 1.54) is 6.26 Å². The number of hydrogen-bond donors (Lipinski definition) is 0. The topological polar surface area (TPSA) is 77.2 Å². The van der Waals surface area contributed by atoms with Gasteiger partial charge in [0.2, 0.25) is 0 Å². The van der Waals surface area contributed by atoms with Gasteiger partial charge in [0.25, 0.3) is 5.91 Å². The molecule has 2 unspecified atom stereocenters. The first-order chi connectivity index (χ1) is 10.9. The van der Waals surface area contributed by atoms with Crippen LogP contribution < -0.4 is 0 Å². The molecule has 3 rings (SSSR count). The second kappa shape index (κ2) is 5.88. The summed E-state index contributed by atoms with van der Waals surface area (Å²) in [5.74, 6) is -0.532. The molecule has 1 amide bonds. The lowest BCUT2D eigenvalue weighted by Crippen LogP contribution is -2.23. The van der Waals surface area contributed by atoms with Gasteiger partial charge in [0.05, 0.1) is 21.1 Å². The molecule has 23 heavy (non-hydrogen) atoms. The zero-order chi connectivity index (χ0) is 16.6. The number of aryl methyl sites for hydroxylation is 3. The number of carbonyl (C=O) groups is 1. The Kier molecular flexibility index (Phi) is 4.06. The first-order valence-electron chi connectivity index (χ1n) is 7.57. The van der Waals surface area contributed by atoms with Crippen LogP contribution in [0, 0.1) is 12.8 Å². The lowest BCUT2D eigenvalue weighted by molar-refractivity contribution is -0.121. The summed E-state index contributed by atoms with van der Waals surface area (Å²) < 4.78 is 18.6. The maximum atomic E-state index is 12.8. The Bertz CT molecular complexity index is 861. The molecule has 0 spiro atoms. The minimum absolute atomic E-state index is 0.245. The summed E-state index contributed by atoms with van der Waals surface area (Å²) in [5.41, 5.74) is 3.01. The van der Waals surface area contributed by atoms with E-state index in [9.17, 15) is 9.00 Å². The fourth-order valence-electron chi connectivity index (χ4n) is 2.81. The second-order valence-corrected chi connectivity index (χ2v) is 8.35. The Morgan fingerprint density at radius 3 is 2.74 bits per heavy atom. The maximum absolute atomic E-state index is 12.8. The number of benzene rings is 1. The third-order valence-electron chi connectivity index (χ3n) is 4.26. The van der Waals surface area contributed by atoms with Gasteiger partial charge in [-0.15, -0.1) is 5.10 Å². The van der Waals surface area contributed by atoms with Gasteiger partial charge in [-0.3, -0.25) is 9.48 Å². The molecule has 0 fully saturated rings. The zero-order valence-corrected chi connectivity index (χ0v) is 14.3. The van der Waals surface area contributed by atoms with Gasteiger partial charge in [-0.1, -0.05) is 22.9 Å². The molecule has 0 radical (unpaired) electrons. The molecular weight excluding hydrogens is 312 g/mol. The fraction of sp³-hybridized carbons (Fsp3) is 0.438. The number of amides is 1. The van der Waals surface area contributed by atoms with Gasteiger partial charge in [0, 0.05) is 30.5 Å². The van der Waals surface area contributed by atoms with Crippen LogP contribution >= 0.6 is 0 Å². The number of carbonyl (C=O) groups excluding carboxylic acids is 1. The van der Waals surface area contributed by atoms with Crippen LogP contribution in [-0.2, 0) is 34.4 Å². The molecule has 1 aliphatic rings. The monoisotopic (exact) mass is 332 g/mol. The number of nitrogens with zero attached hydrogens (tertiary/aromatic N) is 4. The maximum Gasteiger partial charge on any atom is 0.257 e. The van der Waals surface area contributed by atoms with E-state index in [2.05, 4.69) is 14.7 Å². The molecular formula is C16H20N4O2S. The van der Waals surface area contributed by atoms with Crippen LogP contribution in [0.15, 0.2) is 33.5 Å². The summed E-state index contributed by atoms with van der Waals surface area (Å²) in [7, 11) is -0.888. The molecule has 0 N–H and O–H groups in total. The lowest BCUT2D eigenvalue weighted by Gasteiger charge is -2.19. The average Bonchev–Trinajstić information content (AvgIpc) is 2.88. The Morgan fingerprint density at radius 2 is 2.04 bits per heavy atom. The van der Waals surface area contributed by atoms with Crippen molar-refractivity contribution in [3.05, 3.63) is 41.2 Å². The Labute approximate surface area is 136 Å². The van der Waals surface area contributed by atoms with Gasteiger partial charge < -0.3 is 0 Å². The quantitative estimate of drug-likeness (QED) is 0.842. The molecule has 1 heterocycles. The third kappa shape index (κ3) is 3.19. The molecule has 7 heteroatoms. The standard InChI is InChI=1S/C16H20N4O2S/c1-11-4-7-13(8-5-11)23(3,22)18-16(21)12-6-9-14-15(10-12)20(2)19-17-14/h4-5,7-8,12H,6,9-10H2,1-3H3. The summed E-state index contributed by atoms with van der Waals surface area (Å²) >= 11 is 0. The van der Waals surface area contributed by atoms with Crippen LogP contribution in [0.25, 0.3) is 0 Å². The van der Waals surface area contributed by atoms with E-state index in [4.69, 9.17) is 0 Å². The van der Waals surface area contributed by atoms with Gasteiger partial charge in [-0.05, 0) is 31.9 Å². The number of fused-ring (bicyclic) bond motifs is 1. The first-order valence-corrected chi connectivity index (χ1v) is 9.49. The zero-order valence-electron chi connectivity index (χ0n) is 13.5. The van der Waals surface area contributed by atoms with E-state index < -0.39 is 9.73 Å². The highest BCUT2D eigenvalue weighted by Gasteiger charge is 2.28. The Morgan fingerprint density at radius 1 is 1.35 bits per heavy atom. The smallest absolute Gasteiger partial charge is 0.257 e. The van der Waals surface area contributed by atoms with Crippen LogP contribution in [0.5, 0.6) is 0 Å². The Balaban J connectivity index is 1.85. The van der Waals surface area contributed by atoms with E-state index in [1.807, 2.05) is 26.1 Å². The second-order valence-electron chi connectivity index (χ2n) is 6.09. The van der Waals surface area contributed by atoms with Crippen molar-refractivity contribution >= 4 is 15.6 Å². The van der Waals surface area contributed by atoms with Gasteiger partial charge in [-0.2, -0.15) is 4.36 Å². The van der Waals surface area contributed by atoms with Crippen molar-refractivity contribution in [2.75, 3.05) is 6.26 Å². The molecule has 0 saturated heterocycles. The molecule has 6 nitrogen and oxygen atoms in total. The van der Waals surface area contributed by atoms with Crippen molar-refractivity contribution in [2.45, 2.75) is 31.1 Å². The molecule has 1 aliphatic carbocycles. The highest BCUT2D eigenvalue weighted by Crippen LogP contribution is 2.25. The lowest BCUT2D eigenvalue weighted by atomic mass is 9.89. The highest BCUT2D eigenvalue weighted by molar-refractivity contribution is 7.93. The summed E-state index contributed by atoms with van der Waals surface area (Å²) in [6.45, 7) is 1.96. The largest absolute Gasteiger partial charge is 0.272 e. The van der Waals surface area contributed by atoms with Crippen LogP contribution in [-0.4, -0.2) is 31.4 Å². The van der Waals surface area contributed by atoms with E-state index >= 15 is 0 Å². The van der Waals surface area contributed by atoms with E-state index in [1.54, 1.807) is 16.8 Å². The van der Waals surface area contributed by atoms with E-state index in [-0.39, 0.29) is 11.8 Å². The van der Waals surface area contributed by atoms with E-state index in [0.29, 0.717) is 24.2 Å². The SMILES string of the molecule is Cc1ccc(S(C)(=O)=NC(=O)C2CCc3nnn(C)c3C2)cc1. The summed E-state index contributed by atoms with van der Waals surface area (Å²) in [5, 5.41) is 8.09.